The van der Waals surface area contributed by atoms with Crippen LogP contribution in [0.3, 0.4) is 0 Å². The number of imidazole rings is 1. The summed E-state index contributed by atoms with van der Waals surface area (Å²) in [6, 6.07) is 0. The van der Waals surface area contributed by atoms with Crippen molar-refractivity contribution in [1.82, 2.24) is 20.0 Å². The van der Waals surface area contributed by atoms with Gasteiger partial charge in [0.1, 0.15) is 5.82 Å². The molecule has 0 aromatic carbocycles. The fraction of sp³-hybridized carbons (Fsp3) is 0.667. The van der Waals surface area contributed by atoms with Gasteiger partial charge in [0.2, 0.25) is 0 Å². The van der Waals surface area contributed by atoms with Crippen molar-refractivity contribution in [3.8, 4) is 0 Å². The van der Waals surface area contributed by atoms with E-state index in [2.05, 4.69) is 26.9 Å². The number of aromatic nitrogens is 2. The highest BCUT2D eigenvalue weighted by atomic mass is 32.2. The average Bonchev–Trinajstić information content (AvgIpc) is 2.65. The van der Waals surface area contributed by atoms with Gasteiger partial charge in [0.05, 0.1) is 6.20 Å². The summed E-state index contributed by atoms with van der Waals surface area (Å²) in [5, 5.41) is 3.22. The Hall–Kier alpha value is -0.920. The van der Waals surface area contributed by atoms with Crippen LogP contribution < -0.4 is 10.0 Å². The first-order valence-corrected chi connectivity index (χ1v) is 6.76. The molecule has 0 aliphatic heterocycles. The second-order valence-corrected chi connectivity index (χ2v) is 5.22. The van der Waals surface area contributed by atoms with Crippen LogP contribution in [0.25, 0.3) is 0 Å². The van der Waals surface area contributed by atoms with Crippen LogP contribution in [0.15, 0.2) is 11.2 Å². The SMILES string of the molecule is CCCNCCNS(=O)(=O)c1cnc(C)[nH]1. The Morgan fingerprint density at radius 2 is 2.12 bits per heavy atom. The van der Waals surface area contributed by atoms with Crippen molar-refractivity contribution in [3.63, 3.8) is 0 Å². The van der Waals surface area contributed by atoms with E-state index in [1.807, 2.05) is 0 Å². The molecule has 3 N–H and O–H groups in total. The monoisotopic (exact) mass is 246 g/mol. The van der Waals surface area contributed by atoms with Gasteiger partial charge in [0, 0.05) is 13.1 Å². The maximum atomic E-state index is 11.7. The third kappa shape index (κ3) is 3.92. The number of aryl methyl sites for hydroxylation is 1. The van der Waals surface area contributed by atoms with Gasteiger partial charge in [0.25, 0.3) is 10.0 Å². The Labute approximate surface area is 95.9 Å². The van der Waals surface area contributed by atoms with E-state index in [1.54, 1.807) is 6.92 Å². The average molecular weight is 246 g/mol. The molecule has 0 atom stereocenters. The summed E-state index contributed by atoms with van der Waals surface area (Å²) in [4.78, 5) is 6.54. The maximum absolute atomic E-state index is 11.7. The van der Waals surface area contributed by atoms with Crippen molar-refractivity contribution in [2.45, 2.75) is 25.3 Å². The lowest BCUT2D eigenvalue weighted by Crippen LogP contribution is -2.32. The molecule has 0 saturated heterocycles. The Morgan fingerprint density at radius 3 is 2.69 bits per heavy atom. The molecule has 0 aliphatic rings. The molecule has 0 saturated carbocycles. The van der Waals surface area contributed by atoms with E-state index in [9.17, 15) is 8.42 Å². The Morgan fingerprint density at radius 1 is 1.38 bits per heavy atom. The molecule has 6 nitrogen and oxygen atoms in total. The molecule has 0 fully saturated rings. The van der Waals surface area contributed by atoms with E-state index in [1.165, 1.54) is 6.20 Å². The number of H-pyrrole nitrogens is 1. The smallest absolute Gasteiger partial charge is 0.257 e. The van der Waals surface area contributed by atoms with Gasteiger partial charge in [-0.25, -0.2) is 18.1 Å². The number of aromatic amines is 1. The second-order valence-electron chi connectivity index (χ2n) is 3.48. The number of rotatable bonds is 7. The van der Waals surface area contributed by atoms with Crippen molar-refractivity contribution in [2.75, 3.05) is 19.6 Å². The molecule has 0 aliphatic carbocycles. The van der Waals surface area contributed by atoms with Gasteiger partial charge in [0.15, 0.2) is 5.03 Å². The van der Waals surface area contributed by atoms with E-state index in [4.69, 9.17) is 0 Å². The first-order valence-electron chi connectivity index (χ1n) is 5.28. The van der Waals surface area contributed by atoms with E-state index >= 15 is 0 Å². The lowest BCUT2D eigenvalue weighted by Gasteiger charge is -2.05. The van der Waals surface area contributed by atoms with Crippen molar-refractivity contribution < 1.29 is 8.42 Å². The molecule has 0 radical (unpaired) electrons. The van der Waals surface area contributed by atoms with Crippen molar-refractivity contribution in [1.29, 1.82) is 0 Å². The van der Waals surface area contributed by atoms with Crippen molar-refractivity contribution in [3.05, 3.63) is 12.0 Å². The lowest BCUT2D eigenvalue weighted by atomic mass is 10.5. The van der Waals surface area contributed by atoms with Crippen LogP contribution in [0.2, 0.25) is 0 Å². The first-order chi connectivity index (χ1) is 7.56. The molecular weight excluding hydrogens is 228 g/mol. The Kier molecular flexibility index (Phi) is 4.91. The molecule has 0 amide bonds. The fourth-order valence-electron chi connectivity index (χ4n) is 1.19. The predicted molar refractivity (Wildman–Crippen MR) is 61.7 cm³/mol. The number of nitrogens with one attached hydrogen (secondary N) is 3. The third-order valence-electron chi connectivity index (χ3n) is 1.99. The zero-order valence-electron chi connectivity index (χ0n) is 9.58. The molecule has 92 valence electrons. The Bertz CT molecular complexity index is 413. The maximum Gasteiger partial charge on any atom is 0.257 e. The minimum absolute atomic E-state index is 0.112. The zero-order valence-corrected chi connectivity index (χ0v) is 10.4. The number of hydrogen-bond donors (Lipinski definition) is 3. The summed E-state index contributed by atoms with van der Waals surface area (Å²) >= 11 is 0. The molecule has 1 aromatic rings. The Balaban J connectivity index is 2.41. The summed E-state index contributed by atoms with van der Waals surface area (Å²) in [5.41, 5.74) is 0. The van der Waals surface area contributed by atoms with Crippen LogP contribution in [0.4, 0.5) is 0 Å². The lowest BCUT2D eigenvalue weighted by molar-refractivity contribution is 0.572. The van der Waals surface area contributed by atoms with E-state index in [-0.39, 0.29) is 5.03 Å². The minimum atomic E-state index is -3.43. The van der Waals surface area contributed by atoms with Gasteiger partial charge in [-0.15, -0.1) is 0 Å². The van der Waals surface area contributed by atoms with E-state index < -0.39 is 10.0 Å². The van der Waals surface area contributed by atoms with E-state index in [0.29, 0.717) is 18.9 Å². The normalized spacial score (nSPS) is 11.9. The van der Waals surface area contributed by atoms with Gasteiger partial charge >= 0.3 is 0 Å². The molecule has 1 aromatic heterocycles. The topological polar surface area (TPSA) is 86.9 Å². The number of sulfonamides is 1. The highest BCUT2D eigenvalue weighted by Crippen LogP contribution is 2.03. The largest absolute Gasteiger partial charge is 0.332 e. The molecule has 1 rings (SSSR count). The highest BCUT2D eigenvalue weighted by molar-refractivity contribution is 7.89. The van der Waals surface area contributed by atoms with Crippen LogP contribution in [-0.4, -0.2) is 38.0 Å². The van der Waals surface area contributed by atoms with Gasteiger partial charge in [-0.05, 0) is 19.9 Å². The standard InChI is InChI=1S/C9H18N4O2S/c1-3-4-10-5-6-12-16(14,15)9-7-11-8(2)13-9/h7,10,12H,3-6H2,1-2H3,(H,11,13). The predicted octanol–water partition coefficient (Wildman–Crippen LogP) is -0.00398. The molecular formula is C9H18N4O2S. The van der Waals surface area contributed by atoms with Gasteiger partial charge in [-0.2, -0.15) is 0 Å². The summed E-state index contributed by atoms with van der Waals surface area (Å²) in [6.45, 7) is 5.66. The molecule has 0 bridgehead atoms. The third-order valence-corrected chi connectivity index (χ3v) is 3.36. The van der Waals surface area contributed by atoms with Crippen molar-refractivity contribution in [2.24, 2.45) is 0 Å². The summed E-state index contributed by atoms with van der Waals surface area (Å²) in [6.07, 6.45) is 2.35. The molecule has 0 unspecified atom stereocenters. The van der Waals surface area contributed by atoms with Crippen LogP contribution in [0.1, 0.15) is 19.2 Å². The molecule has 7 heteroatoms. The zero-order chi connectivity index (χ0) is 12.0. The number of hydrogen-bond acceptors (Lipinski definition) is 4. The second kappa shape index (κ2) is 5.97. The summed E-state index contributed by atoms with van der Waals surface area (Å²) < 4.78 is 25.8. The summed E-state index contributed by atoms with van der Waals surface area (Å²) in [7, 11) is -3.43. The van der Waals surface area contributed by atoms with Crippen molar-refractivity contribution >= 4 is 10.0 Å². The van der Waals surface area contributed by atoms with Gasteiger partial charge in [-0.3, -0.25) is 0 Å². The molecule has 16 heavy (non-hydrogen) atoms. The first kappa shape index (κ1) is 13.1. The summed E-state index contributed by atoms with van der Waals surface area (Å²) in [5.74, 6) is 0.587. The van der Waals surface area contributed by atoms with E-state index in [0.717, 1.165) is 13.0 Å². The highest BCUT2D eigenvalue weighted by Gasteiger charge is 2.15. The van der Waals surface area contributed by atoms with Crippen LogP contribution >= 0.6 is 0 Å². The van der Waals surface area contributed by atoms with Gasteiger partial charge < -0.3 is 10.3 Å². The minimum Gasteiger partial charge on any atom is -0.332 e. The quantitative estimate of drug-likeness (QED) is 0.591. The van der Waals surface area contributed by atoms with Crippen LogP contribution in [0, 0.1) is 6.92 Å². The van der Waals surface area contributed by atoms with Gasteiger partial charge in [-0.1, -0.05) is 6.92 Å². The number of nitrogens with zero attached hydrogens (tertiary/aromatic N) is 1. The molecule has 1 heterocycles. The van der Waals surface area contributed by atoms with Crippen LogP contribution in [-0.2, 0) is 10.0 Å². The fourth-order valence-corrected chi connectivity index (χ4v) is 2.19. The van der Waals surface area contributed by atoms with Crippen LogP contribution in [0.5, 0.6) is 0 Å². The molecule has 0 spiro atoms.